The lowest BCUT2D eigenvalue weighted by Crippen LogP contribution is -2.06. The van der Waals surface area contributed by atoms with Gasteiger partial charge in [-0.15, -0.1) is 0 Å². The Bertz CT molecular complexity index is 620. The zero-order chi connectivity index (χ0) is 16.1. The van der Waals surface area contributed by atoms with Crippen molar-refractivity contribution in [3.8, 4) is 0 Å². The summed E-state index contributed by atoms with van der Waals surface area (Å²) in [5.41, 5.74) is 4.75. The maximum Gasteiger partial charge on any atom is 0.103 e. The highest BCUT2D eigenvalue weighted by Gasteiger charge is 2.01. The second-order valence-electron chi connectivity index (χ2n) is 6.35. The molecule has 2 rings (SSSR count). The van der Waals surface area contributed by atoms with Crippen molar-refractivity contribution in [1.29, 1.82) is 0 Å². The Labute approximate surface area is 134 Å². The van der Waals surface area contributed by atoms with E-state index in [-0.39, 0.29) is 0 Å². The van der Waals surface area contributed by atoms with Crippen LogP contribution in [0.25, 0.3) is 0 Å². The predicted octanol–water partition coefficient (Wildman–Crippen LogP) is 6.10. The van der Waals surface area contributed by atoms with Crippen molar-refractivity contribution in [2.75, 3.05) is 5.32 Å². The Morgan fingerprint density at radius 3 is 1.68 bits per heavy atom. The van der Waals surface area contributed by atoms with Crippen LogP contribution in [0.15, 0.2) is 53.5 Å². The van der Waals surface area contributed by atoms with E-state index in [9.17, 15) is 0 Å². The summed E-state index contributed by atoms with van der Waals surface area (Å²) in [6, 6.07) is 17.0. The lowest BCUT2D eigenvalue weighted by atomic mass is 10.0. The van der Waals surface area contributed by atoms with Gasteiger partial charge in [0.1, 0.15) is 5.84 Å². The maximum atomic E-state index is 4.62. The lowest BCUT2D eigenvalue weighted by Gasteiger charge is -2.09. The smallest absolute Gasteiger partial charge is 0.103 e. The zero-order valence-electron chi connectivity index (χ0n) is 14.2. The molecule has 0 unspecified atom stereocenters. The maximum absolute atomic E-state index is 4.62. The summed E-state index contributed by atoms with van der Waals surface area (Å²) in [7, 11) is 0. The van der Waals surface area contributed by atoms with Crippen molar-refractivity contribution in [3.63, 3.8) is 0 Å². The lowest BCUT2D eigenvalue weighted by molar-refractivity contribution is 0.867. The molecule has 0 fully saturated rings. The van der Waals surface area contributed by atoms with E-state index < -0.39 is 0 Å². The van der Waals surface area contributed by atoms with Crippen LogP contribution >= 0.6 is 0 Å². The molecule has 116 valence electrons. The number of aliphatic imine (C=N–C) groups is 1. The third-order valence-electron chi connectivity index (χ3n) is 3.76. The van der Waals surface area contributed by atoms with E-state index in [4.69, 9.17) is 0 Å². The minimum atomic E-state index is 0.553. The molecule has 1 N–H and O–H groups in total. The molecule has 2 aromatic carbocycles. The van der Waals surface area contributed by atoms with Crippen LogP contribution in [0, 0.1) is 0 Å². The Morgan fingerprint density at radius 2 is 1.23 bits per heavy atom. The zero-order valence-corrected chi connectivity index (χ0v) is 14.2. The Morgan fingerprint density at radius 1 is 0.773 bits per heavy atom. The fourth-order valence-corrected chi connectivity index (χ4v) is 2.32. The second-order valence-corrected chi connectivity index (χ2v) is 6.35. The molecule has 2 nitrogen and oxygen atoms in total. The van der Waals surface area contributed by atoms with Gasteiger partial charge in [0, 0.05) is 5.69 Å². The molecule has 0 saturated heterocycles. The minimum absolute atomic E-state index is 0.553. The van der Waals surface area contributed by atoms with E-state index in [1.54, 1.807) is 0 Å². The van der Waals surface area contributed by atoms with E-state index in [0.717, 1.165) is 17.2 Å². The first kappa shape index (κ1) is 16.3. The van der Waals surface area contributed by atoms with E-state index in [1.807, 2.05) is 6.92 Å². The van der Waals surface area contributed by atoms with E-state index in [0.29, 0.717) is 11.8 Å². The fourth-order valence-electron chi connectivity index (χ4n) is 2.32. The van der Waals surface area contributed by atoms with Crippen LogP contribution in [0.3, 0.4) is 0 Å². The standard InChI is InChI=1S/C20H26N2/c1-14(2)17-6-10-19(11-7-17)21-16(5)22-20-12-8-18(9-13-20)15(3)4/h6-15H,1-5H3,(H,21,22). The van der Waals surface area contributed by atoms with Crippen molar-refractivity contribution in [2.45, 2.75) is 46.5 Å². The number of nitrogens with zero attached hydrogens (tertiary/aromatic N) is 1. The first-order chi connectivity index (χ1) is 10.5. The molecule has 0 aliphatic rings. The van der Waals surface area contributed by atoms with Gasteiger partial charge in [0.15, 0.2) is 0 Å². The molecular formula is C20H26N2. The van der Waals surface area contributed by atoms with Gasteiger partial charge in [0.2, 0.25) is 0 Å². The molecule has 2 aromatic rings. The molecule has 0 spiro atoms. The molecule has 0 heterocycles. The van der Waals surface area contributed by atoms with Crippen molar-refractivity contribution >= 4 is 17.2 Å². The van der Waals surface area contributed by atoms with Gasteiger partial charge in [-0.05, 0) is 54.2 Å². The molecule has 0 aliphatic carbocycles. The largest absolute Gasteiger partial charge is 0.344 e. The topological polar surface area (TPSA) is 24.4 Å². The summed E-state index contributed by atoms with van der Waals surface area (Å²) in [6.07, 6.45) is 0. The summed E-state index contributed by atoms with van der Waals surface area (Å²) in [5.74, 6) is 2.01. The predicted molar refractivity (Wildman–Crippen MR) is 97.5 cm³/mol. The van der Waals surface area contributed by atoms with Crippen LogP contribution in [0.4, 0.5) is 11.4 Å². The highest BCUT2D eigenvalue weighted by Crippen LogP contribution is 2.20. The quantitative estimate of drug-likeness (QED) is 0.535. The second kappa shape index (κ2) is 7.26. The average molecular weight is 294 g/mol. The van der Waals surface area contributed by atoms with Crippen LogP contribution in [0.1, 0.15) is 57.6 Å². The van der Waals surface area contributed by atoms with Crippen molar-refractivity contribution in [2.24, 2.45) is 4.99 Å². The van der Waals surface area contributed by atoms with Gasteiger partial charge >= 0.3 is 0 Å². The Hall–Kier alpha value is -2.09. The number of hydrogen-bond donors (Lipinski definition) is 1. The normalized spacial score (nSPS) is 12.0. The van der Waals surface area contributed by atoms with Crippen LogP contribution in [0.2, 0.25) is 0 Å². The number of hydrogen-bond acceptors (Lipinski definition) is 1. The fraction of sp³-hybridized carbons (Fsp3) is 0.350. The highest BCUT2D eigenvalue weighted by atomic mass is 15.0. The monoisotopic (exact) mass is 294 g/mol. The van der Waals surface area contributed by atoms with E-state index in [2.05, 4.69) is 86.5 Å². The summed E-state index contributed by atoms with van der Waals surface area (Å²) in [5, 5.41) is 3.34. The molecule has 0 bridgehead atoms. The van der Waals surface area contributed by atoms with Gasteiger partial charge in [0.05, 0.1) is 5.69 Å². The molecule has 0 aromatic heterocycles. The summed E-state index contributed by atoms with van der Waals surface area (Å²) in [4.78, 5) is 4.62. The molecule has 2 heteroatoms. The van der Waals surface area contributed by atoms with Gasteiger partial charge in [-0.3, -0.25) is 0 Å². The van der Waals surface area contributed by atoms with E-state index >= 15 is 0 Å². The van der Waals surface area contributed by atoms with Crippen LogP contribution in [-0.4, -0.2) is 5.84 Å². The van der Waals surface area contributed by atoms with Gasteiger partial charge in [-0.25, -0.2) is 4.99 Å². The van der Waals surface area contributed by atoms with Gasteiger partial charge in [-0.1, -0.05) is 52.0 Å². The summed E-state index contributed by atoms with van der Waals surface area (Å²) in [6.45, 7) is 10.8. The molecule has 0 saturated carbocycles. The number of rotatable bonds is 4. The van der Waals surface area contributed by atoms with Crippen LogP contribution < -0.4 is 5.32 Å². The van der Waals surface area contributed by atoms with Crippen LogP contribution in [0.5, 0.6) is 0 Å². The molecule has 22 heavy (non-hydrogen) atoms. The van der Waals surface area contributed by atoms with Gasteiger partial charge in [-0.2, -0.15) is 0 Å². The number of anilines is 1. The number of amidine groups is 1. The van der Waals surface area contributed by atoms with E-state index in [1.165, 1.54) is 11.1 Å². The molecule has 0 atom stereocenters. The third-order valence-corrected chi connectivity index (χ3v) is 3.76. The Balaban J connectivity index is 2.05. The number of benzene rings is 2. The first-order valence-corrected chi connectivity index (χ1v) is 7.98. The molecule has 0 aliphatic heterocycles. The van der Waals surface area contributed by atoms with Crippen molar-refractivity contribution in [3.05, 3.63) is 59.7 Å². The van der Waals surface area contributed by atoms with Gasteiger partial charge < -0.3 is 5.32 Å². The van der Waals surface area contributed by atoms with Crippen LogP contribution in [-0.2, 0) is 0 Å². The first-order valence-electron chi connectivity index (χ1n) is 7.98. The molecule has 0 amide bonds. The SMILES string of the molecule is CC(=Nc1ccc(C(C)C)cc1)Nc1ccc(C(C)C)cc1. The summed E-state index contributed by atoms with van der Waals surface area (Å²) < 4.78 is 0. The molecule has 0 radical (unpaired) electrons. The molecular weight excluding hydrogens is 268 g/mol. The highest BCUT2D eigenvalue weighted by molar-refractivity contribution is 5.95. The average Bonchev–Trinajstić information content (AvgIpc) is 2.48. The minimum Gasteiger partial charge on any atom is -0.344 e. The van der Waals surface area contributed by atoms with Gasteiger partial charge in [0.25, 0.3) is 0 Å². The van der Waals surface area contributed by atoms with Crippen molar-refractivity contribution < 1.29 is 0 Å². The number of nitrogens with one attached hydrogen (secondary N) is 1. The summed E-state index contributed by atoms with van der Waals surface area (Å²) >= 11 is 0. The Kier molecular flexibility index (Phi) is 5.37. The third kappa shape index (κ3) is 4.45. The van der Waals surface area contributed by atoms with Crippen molar-refractivity contribution in [1.82, 2.24) is 0 Å².